The van der Waals surface area contributed by atoms with Gasteiger partial charge in [0.1, 0.15) is 10.9 Å². The molecule has 1 aliphatic carbocycles. The van der Waals surface area contributed by atoms with Crippen molar-refractivity contribution in [3.63, 3.8) is 0 Å². The first-order chi connectivity index (χ1) is 16.8. The molecule has 35 heavy (non-hydrogen) atoms. The highest BCUT2D eigenvalue weighted by Crippen LogP contribution is 2.34. The lowest BCUT2D eigenvalue weighted by atomic mass is 9.92. The van der Waals surface area contributed by atoms with E-state index in [9.17, 15) is 23.2 Å². The summed E-state index contributed by atoms with van der Waals surface area (Å²) in [5.41, 5.74) is 1.29. The quantitative estimate of drug-likeness (QED) is 0.412. The van der Waals surface area contributed by atoms with Gasteiger partial charge in [0.25, 0.3) is 5.56 Å². The van der Waals surface area contributed by atoms with Crippen molar-refractivity contribution in [3.05, 3.63) is 98.4 Å². The summed E-state index contributed by atoms with van der Waals surface area (Å²) in [6.45, 7) is 0.0153. The Morgan fingerprint density at radius 2 is 2.00 bits per heavy atom. The zero-order chi connectivity index (χ0) is 24.6. The number of nitriles is 1. The largest absolute Gasteiger partial charge is 0.416 e. The zero-order valence-electron chi connectivity index (χ0n) is 18.5. The number of nitrogens with zero attached hydrogens (tertiary/aromatic N) is 3. The first kappa shape index (κ1) is 23.3. The van der Waals surface area contributed by atoms with Crippen molar-refractivity contribution in [1.82, 2.24) is 14.9 Å². The molecule has 178 valence electrons. The van der Waals surface area contributed by atoms with Gasteiger partial charge in [-0.25, -0.2) is 4.98 Å². The van der Waals surface area contributed by atoms with Crippen molar-refractivity contribution in [3.8, 4) is 6.07 Å². The first-order valence-electron chi connectivity index (χ1n) is 11.2. The van der Waals surface area contributed by atoms with E-state index in [1.807, 2.05) is 30.3 Å². The number of aromatic nitrogens is 2. The Morgan fingerprint density at radius 1 is 1.20 bits per heavy atom. The monoisotopic (exact) mass is 494 g/mol. The maximum atomic E-state index is 13.3. The van der Waals surface area contributed by atoms with E-state index in [1.165, 1.54) is 28.3 Å². The third-order valence-corrected chi connectivity index (χ3v) is 7.47. The predicted octanol–water partition coefficient (Wildman–Crippen LogP) is 5.24. The van der Waals surface area contributed by atoms with E-state index in [2.05, 4.69) is 16.4 Å². The van der Waals surface area contributed by atoms with E-state index < -0.39 is 17.8 Å². The minimum Gasteiger partial charge on any atom is -0.295 e. The van der Waals surface area contributed by atoms with Crippen molar-refractivity contribution >= 4 is 21.6 Å². The van der Waals surface area contributed by atoms with Crippen molar-refractivity contribution in [1.29, 1.82) is 5.26 Å². The van der Waals surface area contributed by atoms with Crippen LogP contribution in [0.2, 0.25) is 0 Å². The Balaban J connectivity index is 1.39. The lowest BCUT2D eigenvalue weighted by Gasteiger charge is -2.26. The fraction of sp³-hybridized carbons (Fsp3) is 0.269. The second-order valence-corrected chi connectivity index (χ2v) is 9.72. The molecule has 2 atom stereocenters. The molecule has 2 unspecified atom stereocenters. The lowest BCUT2D eigenvalue weighted by Crippen LogP contribution is -2.36. The van der Waals surface area contributed by atoms with Gasteiger partial charge in [0.15, 0.2) is 0 Å². The molecule has 2 aromatic heterocycles. The van der Waals surface area contributed by atoms with Crippen LogP contribution in [0.15, 0.2) is 65.7 Å². The standard InChI is InChI=1S/C26H21F3N4OS/c27-26(28,29)18-8-4-5-16(11-18)14-33-15-31-24-23(25(33)34)20-10-9-19(12-22(20)35-24)32-21(13-30)17-6-2-1-3-7-17/h1-8,11,15,19,21,32H,9-10,12,14H2. The number of thiophene rings is 1. The average Bonchev–Trinajstić information content (AvgIpc) is 3.23. The van der Waals surface area contributed by atoms with Gasteiger partial charge < -0.3 is 0 Å². The maximum absolute atomic E-state index is 13.3. The summed E-state index contributed by atoms with van der Waals surface area (Å²) in [4.78, 5) is 19.4. The summed E-state index contributed by atoms with van der Waals surface area (Å²) in [7, 11) is 0. The van der Waals surface area contributed by atoms with Crippen LogP contribution in [0.3, 0.4) is 0 Å². The SMILES string of the molecule is N#CC(NC1CCc2c(sc3ncn(Cc4cccc(C(F)(F)F)c4)c(=O)c23)C1)c1ccccc1. The number of hydrogen-bond donors (Lipinski definition) is 1. The van der Waals surface area contributed by atoms with Crippen LogP contribution in [-0.2, 0) is 25.6 Å². The molecular formula is C26H21F3N4OS. The maximum Gasteiger partial charge on any atom is 0.416 e. The summed E-state index contributed by atoms with van der Waals surface area (Å²) < 4.78 is 40.6. The Kier molecular flexibility index (Phi) is 6.17. The number of hydrogen-bond acceptors (Lipinski definition) is 5. The Morgan fingerprint density at radius 3 is 2.74 bits per heavy atom. The first-order valence-corrected chi connectivity index (χ1v) is 12.0. The van der Waals surface area contributed by atoms with E-state index in [4.69, 9.17) is 0 Å². The normalized spacial score (nSPS) is 16.6. The molecule has 9 heteroatoms. The molecule has 0 saturated carbocycles. The van der Waals surface area contributed by atoms with Crippen LogP contribution in [0.4, 0.5) is 13.2 Å². The summed E-state index contributed by atoms with van der Waals surface area (Å²) >= 11 is 1.47. The van der Waals surface area contributed by atoms with Crippen LogP contribution >= 0.6 is 11.3 Å². The number of nitrogens with one attached hydrogen (secondary N) is 1. The highest BCUT2D eigenvalue weighted by Gasteiger charge is 2.30. The molecule has 0 radical (unpaired) electrons. The number of aryl methyl sites for hydroxylation is 1. The minimum absolute atomic E-state index is 0.0153. The minimum atomic E-state index is -4.44. The van der Waals surface area contributed by atoms with Crippen LogP contribution in [-0.4, -0.2) is 15.6 Å². The smallest absolute Gasteiger partial charge is 0.295 e. The molecule has 1 aliphatic rings. The van der Waals surface area contributed by atoms with Gasteiger partial charge in [-0.1, -0.05) is 42.5 Å². The van der Waals surface area contributed by atoms with Crippen LogP contribution in [0, 0.1) is 11.3 Å². The molecule has 4 aromatic rings. The molecule has 0 fully saturated rings. The van der Waals surface area contributed by atoms with E-state index in [0.29, 0.717) is 28.6 Å². The van der Waals surface area contributed by atoms with Crippen molar-refractivity contribution in [2.45, 2.75) is 44.1 Å². The molecule has 0 amide bonds. The fourth-order valence-corrected chi connectivity index (χ4v) is 5.85. The van der Waals surface area contributed by atoms with E-state index >= 15 is 0 Å². The zero-order valence-corrected chi connectivity index (χ0v) is 19.4. The number of alkyl halides is 3. The molecule has 2 aromatic carbocycles. The van der Waals surface area contributed by atoms with Gasteiger partial charge in [-0.15, -0.1) is 11.3 Å². The fourth-order valence-electron chi connectivity index (χ4n) is 4.59. The predicted molar refractivity (Wildman–Crippen MR) is 128 cm³/mol. The van der Waals surface area contributed by atoms with Crippen LogP contribution in [0.1, 0.15) is 39.6 Å². The average molecular weight is 495 g/mol. The third kappa shape index (κ3) is 4.72. The molecular weight excluding hydrogens is 473 g/mol. The molecule has 2 heterocycles. The molecule has 5 nitrogen and oxygen atoms in total. The van der Waals surface area contributed by atoms with Crippen molar-refractivity contribution < 1.29 is 13.2 Å². The Labute approximate surface area is 203 Å². The highest BCUT2D eigenvalue weighted by atomic mass is 32.1. The van der Waals surface area contributed by atoms with E-state index in [1.54, 1.807) is 6.07 Å². The van der Waals surface area contributed by atoms with Crippen LogP contribution in [0.25, 0.3) is 10.2 Å². The molecule has 1 N–H and O–H groups in total. The summed E-state index contributed by atoms with van der Waals surface area (Å²) in [5.74, 6) is 0. The lowest BCUT2D eigenvalue weighted by molar-refractivity contribution is -0.137. The summed E-state index contributed by atoms with van der Waals surface area (Å²) in [5, 5.41) is 13.6. The van der Waals surface area contributed by atoms with Gasteiger partial charge in [0.05, 0.1) is 29.9 Å². The second kappa shape index (κ2) is 9.29. The molecule has 5 rings (SSSR count). The van der Waals surface area contributed by atoms with Gasteiger partial charge in [-0.2, -0.15) is 18.4 Å². The summed E-state index contributed by atoms with van der Waals surface area (Å²) in [6.07, 6.45) is -0.903. The Hall–Kier alpha value is -3.48. The molecule has 0 saturated heterocycles. The second-order valence-electron chi connectivity index (χ2n) is 8.64. The van der Waals surface area contributed by atoms with E-state index in [0.717, 1.165) is 34.6 Å². The molecule has 0 spiro atoms. The van der Waals surface area contributed by atoms with Crippen LogP contribution in [0.5, 0.6) is 0 Å². The van der Waals surface area contributed by atoms with E-state index in [-0.39, 0.29) is 18.1 Å². The van der Waals surface area contributed by atoms with Crippen molar-refractivity contribution in [2.24, 2.45) is 0 Å². The highest BCUT2D eigenvalue weighted by molar-refractivity contribution is 7.18. The summed E-state index contributed by atoms with van der Waals surface area (Å²) in [6, 6.07) is 16.6. The number of benzene rings is 2. The topological polar surface area (TPSA) is 70.7 Å². The van der Waals surface area contributed by atoms with Crippen molar-refractivity contribution in [2.75, 3.05) is 0 Å². The van der Waals surface area contributed by atoms with Crippen LogP contribution < -0.4 is 10.9 Å². The van der Waals surface area contributed by atoms with Gasteiger partial charge >= 0.3 is 6.18 Å². The molecule has 0 bridgehead atoms. The van der Waals surface area contributed by atoms with Gasteiger partial charge in [-0.05, 0) is 48.1 Å². The number of rotatable bonds is 5. The van der Waals surface area contributed by atoms with Gasteiger partial charge in [0.2, 0.25) is 0 Å². The van der Waals surface area contributed by atoms with Gasteiger partial charge in [-0.3, -0.25) is 14.7 Å². The Bertz CT molecular complexity index is 1470. The third-order valence-electron chi connectivity index (χ3n) is 6.31. The van der Waals surface area contributed by atoms with Gasteiger partial charge in [0, 0.05) is 10.9 Å². The number of fused-ring (bicyclic) bond motifs is 3. The number of halogens is 3. The molecule has 0 aliphatic heterocycles.